The van der Waals surface area contributed by atoms with Crippen molar-refractivity contribution in [2.75, 3.05) is 12.0 Å². The van der Waals surface area contributed by atoms with Crippen molar-refractivity contribution in [3.8, 4) is 0 Å². The Labute approximate surface area is 209 Å². The molecule has 1 fully saturated rings. The molecule has 2 aromatic carbocycles. The number of aromatic nitrogens is 1. The maximum atomic E-state index is 13.8. The van der Waals surface area contributed by atoms with Crippen molar-refractivity contribution in [3.05, 3.63) is 95.6 Å². The molecule has 7 nitrogen and oxygen atoms in total. The van der Waals surface area contributed by atoms with E-state index in [0.717, 1.165) is 32.1 Å². The van der Waals surface area contributed by atoms with Gasteiger partial charge >= 0.3 is 5.97 Å². The number of anilines is 1. The number of esters is 1. The number of nitrogens with one attached hydrogen (secondary N) is 1. The van der Waals surface area contributed by atoms with Crippen molar-refractivity contribution in [2.24, 2.45) is 0 Å². The minimum Gasteiger partial charge on any atom is -0.465 e. The van der Waals surface area contributed by atoms with Crippen LogP contribution in [0.4, 0.5) is 10.1 Å². The number of nitrogens with zero attached hydrogens (tertiary/aromatic N) is 2. The van der Waals surface area contributed by atoms with Gasteiger partial charge in [0.25, 0.3) is 5.91 Å². The average molecular weight is 490 g/mol. The highest BCUT2D eigenvalue weighted by Gasteiger charge is 2.35. The monoisotopic (exact) mass is 489 g/mol. The summed E-state index contributed by atoms with van der Waals surface area (Å²) < 4.78 is 18.6. The molecule has 1 N–H and O–H groups in total. The van der Waals surface area contributed by atoms with E-state index in [4.69, 9.17) is 4.74 Å². The molecule has 1 saturated carbocycles. The lowest BCUT2D eigenvalue weighted by Gasteiger charge is -2.33. The van der Waals surface area contributed by atoms with Gasteiger partial charge in [-0.2, -0.15) is 0 Å². The lowest BCUT2D eigenvalue weighted by molar-refractivity contribution is -0.123. The Hall–Kier alpha value is -4.07. The summed E-state index contributed by atoms with van der Waals surface area (Å²) in [6.45, 7) is 0. The zero-order chi connectivity index (χ0) is 25.5. The second-order valence-corrected chi connectivity index (χ2v) is 8.73. The van der Waals surface area contributed by atoms with Crippen molar-refractivity contribution in [2.45, 2.75) is 44.2 Å². The molecule has 1 heterocycles. The van der Waals surface area contributed by atoms with Crippen LogP contribution in [0.3, 0.4) is 0 Å². The summed E-state index contributed by atoms with van der Waals surface area (Å²) in [7, 11) is 1.29. The zero-order valence-corrected chi connectivity index (χ0v) is 20.0. The molecule has 36 heavy (non-hydrogen) atoms. The van der Waals surface area contributed by atoms with Crippen molar-refractivity contribution >= 4 is 23.5 Å². The predicted molar refractivity (Wildman–Crippen MR) is 133 cm³/mol. The van der Waals surface area contributed by atoms with Gasteiger partial charge in [0.1, 0.15) is 17.6 Å². The average Bonchev–Trinajstić information content (AvgIpc) is 2.92. The largest absolute Gasteiger partial charge is 0.465 e. The highest BCUT2D eigenvalue weighted by molar-refractivity contribution is 6.09. The van der Waals surface area contributed by atoms with Gasteiger partial charge in [-0.25, -0.2) is 9.18 Å². The predicted octanol–water partition coefficient (Wildman–Crippen LogP) is 4.84. The molecule has 4 rings (SSSR count). The van der Waals surface area contributed by atoms with Gasteiger partial charge in [-0.05, 0) is 66.9 Å². The topological polar surface area (TPSA) is 88.6 Å². The zero-order valence-electron chi connectivity index (χ0n) is 20.0. The molecular weight excluding hydrogens is 461 g/mol. The molecule has 8 heteroatoms. The second kappa shape index (κ2) is 11.6. The Kier molecular flexibility index (Phi) is 8.05. The molecule has 0 unspecified atom stereocenters. The van der Waals surface area contributed by atoms with Crippen LogP contribution in [-0.2, 0) is 9.53 Å². The van der Waals surface area contributed by atoms with Gasteiger partial charge in [0.15, 0.2) is 0 Å². The van der Waals surface area contributed by atoms with Gasteiger partial charge in [-0.3, -0.25) is 19.5 Å². The number of pyridine rings is 1. The third-order valence-corrected chi connectivity index (χ3v) is 6.31. The van der Waals surface area contributed by atoms with Crippen LogP contribution in [0.15, 0.2) is 72.9 Å². The van der Waals surface area contributed by atoms with Crippen LogP contribution in [0.2, 0.25) is 0 Å². The van der Waals surface area contributed by atoms with E-state index in [1.807, 2.05) is 0 Å². The lowest BCUT2D eigenvalue weighted by atomic mass is 9.94. The van der Waals surface area contributed by atoms with Crippen LogP contribution in [0.5, 0.6) is 0 Å². The van der Waals surface area contributed by atoms with Crippen molar-refractivity contribution in [1.29, 1.82) is 0 Å². The lowest BCUT2D eigenvalue weighted by Crippen LogP contribution is -2.47. The molecule has 1 aromatic heterocycles. The minimum absolute atomic E-state index is 0.00250. The normalized spacial score (nSPS) is 14.5. The van der Waals surface area contributed by atoms with Crippen LogP contribution in [0.1, 0.15) is 64.6 Å². The first-order valence-electron chi connectivity index (χ1n) is 12.0. The molecule has 186 valence electrons. The summed E-state index contributed by atoms with van der Waals surface area (Å²) in [4.78, 5) is 45.1. The summed E-state index contributed by atoms with van der Waals surface area (Å²) >= 11 is 0. The van der Waals surface area contributed by atoms with Crippen LogP contribution >= 0.6 is 0 Å². The fourth-order valence-corrected chi connectivity index (χ4v) is 4.46. The van der Waals surface area contributed by atoms with Gasteiger partial charge in [-0.15, -0.1) is 0 Å². The van der Waals surface area contributed by atoms with E-state index in [1.54, 1.807) is 30.3 Å². The first-order chi connectivity index (χ1) is 17.5. The number of halogens is 1. The molecule has 0 bridgehead atoms. The van der Waals surface area contributed by atoms with Crippen molar-refractivity contribution in [3.63, 3.8) is 0 Å². The number of methoxy groups -OCH3 is 1. The summed E-state index contributed by atoms with van der Waals surface area (Å²) in [5.41, 5.74) is 1.28. The quantitative estimate of drug-likeness (QED) is 0.480. The van der Waals surface area contributed by atoms with Gasteiger partial charge in [-0.1, -0.05) is 37.5 Å². The van der Waals surface area contributed by atoms with Crippen LogP contribution in [0, 0.1) is 5.82 Å². The molecule has 1 aliphatic carbocycles. The number of benzene rings is 2. The SMILES string of the molecule is COC(=O)c1ccc(N(C(=O)c2ccccn2)[C@@H](C(=O)NC2CCCCC2)c2ccc(F)cc2)cc1. The summed E-state index contributed by atoms with van der Waals surface area (Å²) in [5.74, 6) is -1.84. The van der Waals surface area contributed by atoms with Gasteiger partial charge < -0.3 is 10.1 Å². The highest BCUT2D eigenvalue weighted by atomic mass is 19.1. The fraction of sp³-hybridized carbons (Fsp3) is 0.286. The molecule has 0 aliphatic heterocycles. The Morgan fingerprint density at radius 1 is 0.972 bits per heavy atom. The molecule has 0 radical (unpaired) electrons. The standard InChI is InChI=1S/C28H28FN3O4/c1-36-28(35)20-12-16-23(17-13-20)32(27(34)24-9-5-6-18-30-24)25(19-10-14-21(29)15-11-19)26(33)31-22-7-3-2-4-8-22/h5-6,9-18,22,25H,2-4,7-8H2,1H3,(H,31,33)/t25-/m1/s1. The molecule has 3 aromatic rings. The number of hydrogen-bond donors (Lipinski definition) is 1. The van der Waals surface area contributed by atoms with E-state index in [1.165, 1.54) is 54.6 Å². The van der Waals surface area contributed by atoms with Crippen molar-refractivity contribution in [1.82, 2.24) is 10.3 Å². The molecular formula is C28H28FN3O4. The summed E-state index contributed by atoms with van der Waals surface area (Å²) in [6.07, 6.45) is 6.41. The van der Waals surface area contributed by atoms with Gasteiger partial charge in [0, 0.05) is 17.9 Å². The Balaban J connectivity index is 1.79. The van der Waals surface area contributed by atoms with E-state index < -0.39 is 23.7 Å². The maximum Gasteiger partial charge on any atom is 0.337 e. The van der Waals surface area contributed by atoms with E-state index in [0.29, 0.717) is 16.8 Å². The molecule has 1 aliphatic rings. The van der Waals surface area contributed by atoms with E-state index in [-0.39, 0.29) is 17.6 Å². The number of carbonyl (C=O) groups is 3. The highest BCUT2D eigenvalue weighted by Crippen LogP contribution is 2.31. The van der Waals surface area contributed by atoms with E-state index >= 15 is 0 Å². The third kappa shape index (κ3) is 5.76. The first kappa shape index (κ1) is 25.0. The first-order valence-corrected chi connectivity index (χ1v) is 12.0. The van der Waals surface area contributed by atoms with E-state index in [9.17, 15) is 18.8 Å². The fourth-order valence-electron chi connectivity index (χ4n) is 4.46. The molecule has 1 atom stereocenters. The Morgan fingerprint density at radius 2 is 1.67 bits per heavy atom. The maximum absolute atomic E-state index is 13.8. The minimum atomic E-state index is -1.09. The number of hydrogen-bond acceptors (Lipinski definition) is 5. The second-order valence-electron chi connectivity index (χ2n) is 8.73. The number of carbonyl (C=O) groups excluding carboxylic acids is 3. The van der Waals surface area contributed by atoms with Gasteiger partial charge in [0.2, 0.25) is 5.91 Å². The van der Waals surface area contributed by atoms with Crippen LogP contribution in [-0.4, -0.2) is 35.9 Å². The van der Waals surface area contributed by atoms with E-state index in [2.05, 4.69) is 10.3 Å². The smallest absolute Gasteiger partial charge is 0.337 e. The summed E-state index contributed by atoms with van der Waals surface area (Å²) in [6, 6.07) is 15.6. The van der Waals surface area contributed by atoms with Crippen LogP contribution < -0.4 is 10.2 Å². The molecule has 0 saturated heterocycles. The van der Waals surface area contributed by atoms with Crippen LogP contribution in [0.25, 0.3) is 0 Å². The Bertz CT molecular complexity index is 1190. The molecule has 0 spiro atoms. The van der Waals surface area contributed by atoms with Gasteiger partial charge in [0.05, 0.1) is 12.7 Å². The van der Waals surface area contributed by atoms with Crippen molar-refractivity contribution < 1.29 is 23.5 Å². The third-order valence-electron chi connectivity index (χ3n) is 6.31. The summed E-state index contributed by atoms with van der Waals surface area (Å²) in [5, 5.41) is 3.11. The number of ether oxygens (including phenoxy) is 1. The Morgan fingerprint density at radius 3 is 2.28 bits per heavy atom. The number of amides is 2. The molecule has 2 amide bonds. The number of rotatable bonds is 7.